The van der Waals surface area contributed by atoms with E-state index >= 15 is 0 Å². The normalized spacial score (nSPS) is 11.8. The third-order valence-electron chi connectivity index (χ3n) is 8.10. The lowest BCUT2D eigenvalue weighted by Crippen LogP contribution is -2.20. The van der Waals surface area contributed by atoms with Gasteiger partial charge in [-0.1, -0.05) is 154 Å². The van der Waals surface area contributed by atoms with E-state index in [0.717, 1.165) is 0 Å². The lowest BCUT2D eigenvalue weighted by molar-refractivity contribution is 0.314. The molecule has 0 aromatic rings. The van der Waals surface area contributed by atoms with Gasteiger partial charge in [0.15, 0.2) is 0 Å². The maximum Gasteiger partial charge on any atom is -0.00218 e. The Kier molecular flexibility index (Phi) is 39.9. The van der Waals surface area contributed by atoms with E-state index in [2.05, 4.69) is 50.1 Å². The monoisotopic (exact) mass is 612 g/mol. The number of allylic oxidation sites excluding steroid dienone is 4. The van der Waals surface area contributed by atoms with Gasteiger partial charge in [0, 0.05) is 0 Å². The fraction of sp³-hybridized carbons (Fsp3) is 0.892. The van der Waals surface area contributed by atoms with Crippen LogP contribution < -0.4 is 0 Å². The molecule has 0 saturated heterocycles. The van der Waals surface area contributed by atoms with Crippen molar-refractivity contribution < 1.29 is 0 Å². The molecule has 1 nitrogen and oxygen atoms in total. The number of halogens is 1. The van der Waals surface area contributed by atoms with Crippen molar-refractivity contribution >= 4 is 17.0 Å². The molecular formula is C37H74BrN. The minimum Gasteiger partial charge on any atom is -0.306 e. The molecule has 0 heterocycles. The minimum absolute atomic E-state index is 0. The summed E-state index contributed by atoms with van der Waals surface area (Å²) in [5.74, 6) is 0. The molecule has 234 valence electrons. The highest BCUT2D eigenvalue weighted by molar-refractivity contribution is 8.93. The smallest absolute Gasteiger partial charge is 0.00218 e. The molecule has 0 spiro atoms. The van der Waals surface area contributed by atoms with Crippen molar-refractivity contribution in [1.29, 1.82) is 0 Å². The quantitative estimate of drug-likeness (QED) is 0.0539. The molecule has 0 radical (unpaired) electrons. The van der Waals surface area contributed by atoms with Gasteiger partial charge in [-0.3, -0.25) is 0 Å². The second kappa shape index (κ2) is 37.9. The van der Waals surface area contributed by atoms with Crippen LogP contribution in [0.4, 0.5) is 0 Å². The lowest BCUT2D eigenvalue weighted by Gasteiger charge is -2.16. The summed E-state index contributed by atoms with van der Waals surface area (Å²) in [7, 11) is 2.33. The summed E-state index contributed by atoms with van der Waals surface area (Å²) < 4.78 is 0. The summed E-state index contributed by atoms with van der Waals surface area (Å²) in [4.78, 5) is 2.57. The summed E-state index contributed by atoms with van der Waals surface area (Å²) in [6.45, 7) is 7.19. The zero-order valence-corrected chi connectivity index (χ0v) is 29.1. The molecule has 0 bridgehead atoms. The molecule has 0 N–H and O–H groups in total. The summed E-state index contributed by atoms with van der Waals surface area (Å²) in [5, 5.41) is 0. The van der Waals surface area contributed by atoms with E-state index in [-0.39, 0.29) is 17.0 Å². The van der Waals surface area contributed by atoms with E-state index < -0.39 is 0 Å². The average Bonchev–Trinajstić information content (AvgIpc) is 2.92. The fourth-order valence-corrected chi connectivity index (χ4v) is 5.37. The number of unbranched alkanes of at least 4 members (excludes halogenated alkanes) is 24. The molecule has 2 heteroatoms. The highest BCUT2D eigenvalue weighted by atomic mass is 79.9. The van der Waals surface area contributed by atoms with Crippen LogP contribution in [0.15, 0.2) is 24.3 Å². The third kappa shape index (κ3) is 37.9. The Labute approximate surface area is 259 Å². The molecule has 0 fully saturated rings. The van der Waals surface area contributed by atoms with Gasteiger partial charge in [-0.2, -0.15) is 0 Å². The van der Waals surface area contributed by atoms with Crippen molar-refractivity contribution in [3.63, 3.8) is 0 Å². The molecule has 0 unspecified atom stereocenters. The van der Waals surface area contributed by atoms with Gasteiger partial charge in [0.25, 0.3) is 0 Å². The van der Waals surface area contributed by atoms with Crippen molar-refractivity contribution in [2.24, 2.45) is 0 Å². The Bertz CT molecular complexity index is 430. The minimum atomic E-state index is 0. The second-order valence-corrected chi connectivity index (χ2v) is 12.2. The topological polar surface area (TPSA) is 3.24 Å². The van der Waals surface area contributed by atoms with Crippen LogP contribution in [0.3, 0.4) is 0 Å². The first kappa shape index (κ1) is 41.1. The van der Waals surface area contributed by atoms with Crippen LogP contribution in [0.2, 0.25) is 0 Å². The molecule has 0 amide bonds. The van der Waals surface area contributed by atoms with Gasteiger partial charge < -0.3 is 4.90 Å². The van der Waals surface area contributed by atoms with Crippen molar-refractivity contribution in [2.45, 2.75) is 194 Å². The van der Waals surface area contributed by atoms with Crippen LogP contribution in [0.5, 0.6) is 0 Å². The molecule has 0 aromatic heterocycles. The van der Waals surface area contributed by atoms with Gasteiger partial charge in [-0.05, 0) is 84.3 Å². The first-order valence-corrected chi connectivity index (χ1v) is 17.8. The fourth-order valence-electron chi connectivity index (χ4n) is 5.37. The van der Waals surface area contributed by atoms with Gasteiger partial charge in [0.05, 0.1) is 0 Å². The molecule has 0 aromatic carbocycles. The molecule has 0 aliphatic heterocycles. The number of hydrogen-bond acceptors (Lipinski definition) is 1. The van der Waals surface area contributed by atoms with Gasteiger partial charge in [-0.15, -0.1) is 17.0 Å². The standard InChI is InChI=1S/C37H73N.BrH/c1-4-6-8-10-12-14-16-18-20-22-24-26-28-30-32-34-36-38(3)37-35-33-31-29-27-25-23-21-19-17-15-13-11-9-7-5-2;/h18-21H,4-17,22-37H2,1-3H3;1H/b20-18-,21-19-;. The highest BCUT2D eigenvalue weighted by Gasteiger charge is 1.99. The Morgan fingerprint density at radius 3 is 0.846 bits per heavy atom. The van der Waals surface area contributed by atoms with Crippen molar-refractivity contribution in [3.8, 4) is 0 Å². The molecule has 0 rings (SSSR count). The largest absolute Gasteiger partial charge is 0.306 e. The zero-order valence-electron chi connectivity index (χ0n) is 27.4. The first-order chi connectivity index (χ1) is 18.8. The van der Waals surface area contributed by atoms with E-state index in [9.17, 15) is 0 Å². The number of nitrogens with zero attached hydrogens (tertiary/aromatic N) is 1. The third-order valence-corrected chi connectivity index (χ3v) is 8.10. The second-order valence-electron chi connectivity index (χ2n) is 12.2. The predicted octanol–water partition coefficient (Wildman–Crippen LogP) is 13.6. The van der Waals surface area contributed by atoms with Crippen LogP contribution in [0, 0.1) is 0 Å². The molecular weight excluding hydrogens is 538 g/mol. The van der Waals surface area contributed by atoms with E-state index in [4.69, 9.17) is 0 Å². The van der Waals surface area contributed by atoms with Crippen molar-refractivity contribution in [3.05, 3.63) is 24.3 Å². The van der Waals surface area contributed by atoms with E-state index in [1.807, 2.05) is 0 Å². The van der Waals surface area contributed by atoms with Crippen LogP contribution in [0.25, 0.3) is 0 Å². The van der Waals surface area contributed by atoms with Crippen LogP contribution in [-0.2, 0) is 0 Å². The Morgan fingerprint density at radius 1 is 0.333 bits per heavy atom. The van der Waals surface area contributed by atoms with Gasteiger partial charge in [0.1, 0.15) is 0 Å². The van der Waals surface area contributed by atoms with E-state index in [0.29, 0.717) is 0 Å². The summed E-state index contributed by atoms with van der Waals surface area (Å²) in [6.07, 6.45) is 48.9. The van der Waals surface area contributed by atoms with Gasteiger partial charge >= 0.3 is 0 Å². The molecule has 0 aliphatic rings. The lowest BCUT2D eigenvalue weighted by atomic mass is 10.1. The Hall–Kier alpha value is -0.0800. The van der Waals surface area contributed by atoms with Crippen LogP contribution >= 0.6 is 17.0 Å². The first-order valence-electron chi connectivity index (χ1n) is 17.8. The summed E-state index contributed by atoms with van der Waals surface area (Å²) in [5.41, 5.74) is 0. The molecule has 39 heavy (non-hydrogen) atoms. The van der Waals surface area contributed by atoms with E-state index in [1.165, 1.54) is 193 Å². The Balaban J connectivity index is 0. The SMILES string of the molecule is Br.CCCCCCCC/C=C\CCCCCCCCN(C)CCCCCCCC/C=C\CCCCCCCC. The zero-order chi connectivity index (χ0) is 27.6. The van der Waals surface area contributed by atoms with Crippen molar-refractivity contribution in [2.75, 3.05) is 20.1 Å². The maximum atomic E-state index is 2.57. The average molecular weight is 613 g/mol. The molecule has 0 aliphatic carbocycles. The highest BCUT2D eigenvalue weighted by Crippen LogP contribution is 2.12. The summed E-state index contributed by atoms with van der Waals surface area (Å²) >= 11 is 0. The predicted molar refractivity (Wildman–Crippen MR) is 187 cm³/mol. The number of rotatable bonds is 32. The van der Waals surface area contributed by atoms with Crippen LogP contribution in [0.1, 0.15) is 194 Å². The molecule has 0 atom stereocenters. The van der Waals surface area contributed by atoms with Gasteiger partial charge in [-0.25, -0.2) is 0 Å². The maximum absolute atomic E-state index is 2.57. The van der Waals surface area contributed by atoms with E-state index in [1.54, 1.807) is 0 Å². The Morgan fingerprint density at radius 2 is 0.564 bits per heavy atom. The van der Waals surface area contributed by atoms with Crippen LogP contribution in [-0.4, -0.2) is 25.0 Å². The van der Waals surface area contributed by atoms with Gasteiger partial charge in [0.2, 0.25) is 0 Å². The molecule has 0 saturated carbocycles. The number of hydrogen-bond donors (Lipinski definition) is 0. The van der Waals surface area contributed by atoms with Crippen molar-refractivity contribution in [1.82, 2.24) is 4.90 Å². The summed E-state index contributed by atoms with van der Waals surface area (Å²) in [6, 6.07) is 0.